The Labute approximate surface area is 92.9 Å². The number of H-pyrrole nitrogens is 1. The molecule has 0 spiro atoms. The fourth-order valence-electron chi connectivity index (χ4n) is 1.85. The van der Waals surface area contributed by atoms with E-state index in [1.54, 1.807) is 0 Å². The van der Waals surface area contributed by atoms with Gasteiger partial charge in [0.2, 0.25) is 0 Å². The number of benzene rings is 1. The molecule has 4 nitrogen and oxygen atoms in total. The van der Waals surface area contributed by atoms with Crippen molar-refractivity contribution in [1.82, 2.24) is 10.2 Å². The van der Waals surface area contributed by atoms with E-state index in [0.717, 1.165) is 16.7 Å². The summed E-state index contributed by atoms with van der Waals surface area (Å²) in [5.41, 5.74) is 3.76. The van der Waals surface area contributed by atoms with Gasteiger partial charge >= 0.3 is 5.97 Å². The summed E-state index contributed by atoms with van der Waals surface area (Å²) in [7, 11) is 0. The molecule has 16 heavy (non-hydrogen) atoms. The zero-order valence-electron chi connectivity index (χ0n) is 9.11. The molecule has 0 aliphatic carbocycles. The third kappa shape index (κ3) is 1.58. The van der Waals surface area contributed by atoms with Crippen LogP contribution in [0, 0.1) is 13.8 Å². The first-order chi connectivity index (χ1) is 7.61. The molecule has 0 unspecified atom stereocenters. The van der Waals surface area contributed by atoms with Gasteiger partial charge in [-0.3, -0.25) is 5.10 Å². The summed E-state index contributed by atoms with van der Waals surface area (Å²) in [6, 6.07) is 5.86. The molecule has 0 saturated heterocycles. The number of aromatic amines is 1. The van der Waals surface area contributed by atoms with Crippen LogP contribution in [-0.4, -0.2) is 21.3 Å². The highest BCUT2D eigenvalue weighted by molar-refractivity contribution is 5.95. The quantitative estimate of drug-likeness (QED) is 0.810. The highest BCUT2D eigenvalue weighted by Crippen LogP contribution is 2.27. The average Bonchev–Trinajstić information content (AvgIpc) is 2.66. The molecular formula is C12H12N2O2. The third-order valence-corrected chi connectivity index (χ3v) is 2.60. The number of hydrogen-bond donors (Lipinski definition) is 2. The van der Waals surface area contributed by atoms with E-state index < -0.39 is 5.97 Å². The average molecular weight is 216 g/mol. The normalized spacial score (nSPS) is 10.4. The maximum atomic E-state index is 11.0. The van der Waals surface area contributed by atoms with Gasteiger partial charge < -0.3 is 5.11 Å². The molecule has 0 fully saturated rings. The minimum absolute atomic E-state index is 0.206. The van der Waals surface area contributed by atoms with Crippen molar-refractivity contribution in [3.8, 4) is 11.3 Å². The van der Waals surface area contributed by atoms with Gasteiger partial charge in [-0.05, 0) is 25.0 Å². The molecule has 2 N–H and O–H groups in total. The van der Waals surface area contributed by atoms with Crippen molar-refractivity contribution in [3.05, 3.63) is 41.1 Å². The second kappa shape index (κ2) is 3.81. The van der Waals surface area contributed by atoms with E-state index in [1.807, 2.05) is 32.0 Å². The standard InChI is InChI=1S/C12H12N2O2/c1-7-4-3-5-8(2)10(7)11-9(12(15)16)6-13-14-11/h3-6H,1-2H3,(H,13,14)(H,15,16). The van der Waals surface area contributed by atoms with Crippen LogP contribution in [0.1, 0.15) is 21.5 Å². The number of carboxylic acids is 1. The van der Waals surface area contributed by atoms with E-state index in [9.17, 15) is 4.79 Å². The molecule has 82 valence electrons. The molecular weight excluding hydrogens is 204 g/mol. The van der Waals surface area contributed by atoms with E-state index in [-0.39, 0.29) is 5.56 Å². The maximum absolute atomic E-state index is 11.0. The summed E-state index contributed by atoms with van der Waals surface area (Å²) in [5.74, 6) is -0.966. The van der Waals surface area contributed by atoms with Gasteiger partial charge in [-0.1, -0.05) is 18.2 Å². The molecule has 0 aliphatic rings. The molecule has 1 aromatic carbocycles. The minimum Gasteiger partial charge on any atom is -0.478 e. The monoisotopic (exact) mass is 216 g/mol. The molecule has 0 amide bonds. The van der Waals surface area contributed by atoms with Crippen LogP contribution in [0.4, 0.5) is 0 Å². The lowest BCUT2D eigenvalue weighted by atomic mass is 9.98. The summed E-state index contributed by atoms with van der Waals surface area (Å²) >= 11 is 0. The fraction of sp³-hybridized carbons (Fsp3) is 0.167. The lowest BCUT2D eigenvalue weighted by Crippen LogP contribution is -1.99. The van der Waals surface area contributed by atoms with Gasteiger partial charge in [0.1, 0.15) is 5.56 Å². The predicted molar refractivity (Wildman–Crippen MR) is 60.5 cm³/mol. The largest absolute Gasteiger partial charge is 0.478 e. The zero-order valence-corrected chi connectivity index (χ0v) is 9.11. The first-order valence-electron chi connectivity index (χ1n) is 4.94. The Balaban J connectivity index is 2.68. The number of carbonyl (C=O) groups is 1. The van der Waals surface area contributed by atoms with Crippen molar-refractivity contribution in [2.45, 2.75) is 13.8 Å². The van der Waals surface area contributed by atoms with Gasteiger partial charge in [-0.2, -0.15) is 5.10 Å². The van der Waals surface area contributed by atoms with Crippen LogP contribution in [0.3, 0.4) is 0 Å². The smallest absolute Gasteiger partial charge is 0.339 e. The van der Waals surface area contributed by atoms with Gasteiger partial charge in [-0.25, -0.2) is 4.79 Å². The number of hydrogen-bond acceptors (Lipinski definition) is 2. The first-order valence-corrected chi connectivity index (χ1v) is 4.94. The first kappa shape index (κ1) is 10.4. The van der Waals surface area contributed by atoms with Crippen molar-refractivity contribution < 1.29 is 9.90 Å². The van der Waals surface area contributed by atoms with E-state index in [1.165, 1.54) is 6.20 Å². The Morgan fingerprint density at radius 2 is 1.94 bits per heavy atom. The molecule has 0 atom stereocenters. The number of carboxylic acid groups (broad SMARTS) is 1. The zero-order chi connectivity index (χ0) is 11.7. The Morgan fingerprint density at radius 1 is 1.31 bits per heavy atom. The summed E-state index contributed by atoms with van der Waals surface area (Å²) in [6.07, 6.45) is 1.34. The SMILES string of the molecule is Cc1cccc(C)c1-c1[nH]ncc1C(=O)O. The molecule has 0 radical (unpaired) electrons. The highest BCUT2D eigenvalue weighted by Gasteiger charge is 2.16. The Hall–Kier alpha value is -2.10. The van der Waals surface area contributed by atoms with Gasteiger partial charge in [0.05, 0.1) is 11.9 Å². The Morgan fingerprint density at radius 3 is 2.50 bits per heavy atom. The molecule has 0 saturated carbocycles. The van der Waals surface area contributed by atoms with Crippen molar-refractivity contribution >= 4 is 5.97 Å². The molecule has 4 heteroatoms. The second-order valence-electron chi connectivity index (χ2n) is 3.73. The molecule has 1 aromatic heterocycles. The number of aryl methyl sites for hydroxylation is 2. The number of rotatable bonds is 2. The van der Waals surface area contributed by atoms with Crippen molar-refractivity contribution in [2.75, 3.05) is 0 Å². The van der Waals surface area contributed by atoms with E-state index in [0.29, 0.717) is 5.69 Å². The fourth-order valence-corrected chi connectivity index (χ4v) is 1.85. The Kier molecular flexibility index (Phi) is 2.48. The minimum atomic E-state index is -0.966. The molecule has 2 aromatic rings. The maximum Gasteiger partial charge on any atom is 0.339 e. The number of aromatic carboxylic acids is 1. The second-order valence-corrected chi connectivity index (χ2v) is 3.73. The molecule has 0 bridgehead atoms. The van der Waals surface area contributed by atoms with E-state index in [2.05, 4.69) is 10.2 Å². The summed E-state index contributed by atoms with van der Waals surface area (Å²) in [6.45, 7) is 3.91. The van der Waals surface area contributed by atoms with Crippen LogP contribution >= 0.6 is 0 Å². The number of nitrogens with zero attached hydrogens (tertiary/aromatic N) is 1. The van der Waals surface area contributed by atoms with Crippen LogP contribution < -0.4 is 0 Å². The summed E-state index contributed by atoms with van der Waals surface area (Å²) < 4.78 is 0. The summed E-state index contributed by atoms with van der Waals surface area (Å²) in [5, 5.41) is 15.6. The number of aromatic nitrogens is 2. The van der Waals surface area contributed by atoms with Crippen LogP contribution in [0.25, 0.3) is 11.3 Å². The van der Waals surface area contributed by atoms with Crippen LogP contribution in [0.2, 0.25) is 0 Å². The topological polar surface area (TPSA) is 66.0 Å². The lowest BCUT2D eigenvalue weighted by molar-refractivity contribution is 0.0698. The molecule has 1 heterocycles. The van der Waals surface area contributed by atoms with Crippen molar-refractivity contribution in [1.29, 1.82) is 0 Å². The summed E-state index contributed by atoms with van der Waals surface area (Å²) in [4.78, 5) is 11.0. The highest BCUT2D eigenvalue weighted by atomic mass is 16.4. The van der Waals surface area contributed by atoms with E-state index >= 15 is 0 Å². The van der Waals surface area contributed by atoms with Gasteiger partial charge in [0.15, 0.2) is 0 Å². The molecule has 0 aliphatic heterocycles. The predicted octanol–water partition coefficient (Wildman–Crippen LogP) is 2.39. The lowest BCUT2D eigenvalue weighted by Gasteiger charge is -2.08. The molecule has 2 rings (SSSR count). The van der Waals surface area contributed by atoms with Gasteiger partial charge in [0.25, 0.3) is 0 Å². The van der Waals surface area contributed by atoms with E-state index in [4.69, 9.17) is 5.11 Å². The van der Waals surface area contributed by atoms with Gasteiger partial charge in [0, 0.05) is 5.56 Å². The number of nitrogens with one attached hydrogen (secondary N) is 1. The van der Waals surface area contributed by atoms with Crippen LogP contribution in [-0.2, 0) is 0 Å². The van der Waals surface area contributed by atoms with Gasteiger partial charge in [-0.15, -0.1) is 0 Å². The van der Waals surface area contributed by atoms with Crippen LogP contribution in [0.5, 0.6) is 0 Å². The van der Waals surface area contributed by atoms with Crippen molar-refractivity contribution in [2.24, 2.45) is 0 Å². The van der Waals surface area contributed by atoms with Crippen LogP contribution in [0.15, 0.2) is 24.4 Å². The van der Waals surface area contributed by atoms with Crippen molar-refractivity contribution in [3.63, 3.8) is 0 Å². The Bertz CT molecular complexity index is 523. The third-order valence-electron chi connectivity index (χ3n) is 2.60.